The van der Waals surface area contributed by atoms with Crippen LogP contribution in [0.25, 0.3) is 0 Å². The van der Waals surface area contributed by atoms with Crippen molar-refractivity contribution in [1.82, 2.24) is 10.3 Å². The Labute approximate surface area is 168 Å². The summed E-state index contributed by atoms with van der Waals surface area (Å²) in [5.74, 6) is -0.581. The number of benzene rings is 2. The summed E-state index contributed by atoms with van der Waals surface area (Å²) in [4.78, 5) is 16.3. The molecule has 0 fully saturated rings. The van der Waals surface area contributed by atoms with Crippen LogP contribution in [0.4, 0.5) is 10.1 Å². The number of nitrogens with one attached hydrogen (secondary N) is 2. The molecule has 4 nitrogen and oxygen atoms in total. The highest BCUT2D eigenvalue weighted by Crippen LogP contribution is 2.23. The fraction of sp³-hybridized carbons (Fsp3) is 0.182. The van der Waals surface area contributed by atoms with Gasteiger partial charge in [0.1, 0.15) is 5.82 Å². The fourth-order valence-corrected chi connectivity index (χ4v) is 3.10. The molecule has 1 atom stereocenters. The van der Waals surface area contributed by atoms with Gasteiger partial charge in [-0.15, -0.1) is 0 Å². The number of anilines is 1. The van der Waals surface area contributed by atoms with E-state index in [1.54, 1.807) is 24.4 Å². The SMILES string of the molecule is CCc1ccc([C@H](NCC(=O)Nc2cccnc2Cl)c2cccc(F)c2)cc1. The summed E-state index contributed by atoms with van der Waals surface area (Å²) < 4.78 is 13.8. The van der Waals surface area contributed by atoms with Gasteiger partial charge in [-0.3, -0.25) is 10.1 Å². The zero-order chi connectivity index (χ0) is 19.9. The Kier molecular flexibility index (Phi) is 6.74. The number of carbonyl (C=O) groups excluding carboxylic acids is 1. The molecule has 0 saturated carbocycles. The van der Waals surface area contributed by atoms with Crippen molar-refractivity contribution in [3.63, 3.8) is 0 Å². The first-order valence-electron chi connectivity index (χ1n) is 9.05. The minimum absolute atomic E-state index is 0.0297. The third-order valence-electron chi connectivity index (χ3n) is 4.40. The minimum Gasteiger partial charge on any atom is -0.322 e. The van der Waals surface area contributed by atoms with Gasteiger partial charge in [0.05, 0.1) is 18.3 Å². The monoisotopic (exact) mass is 397 g/mol. The fourth-order valence-electron chi connectivity index (χ4n) is 2.93. The Morgan fingerprint density at radius 2 is 1.89 bits per heavy atom. The molecule has 144 valence electrons. The topological polar surface area (TPSA) is 54.0 Å². The second-order valence-corrected chi connectivity index (χ2v) is 6.71. The minimum atomic E-state index is -0.322. The summed E-state index contributed by atoms with van der Waals surface area (Å²) in [6.45, 7) is 2.12. The Morgan fingerprint density at radius 3 is 2.57 bits per heavy atom. The standard InChI is InChI=1S/C22H21ClFN3O/c1-2-15-8-10-16(11-9-15)21(17-5-3-6-18(24)13-17)26-14-20(28)27-19-7-4-12-25-22(19)23/h3-13,21,26H,2,14H2,1H3,(H,27,28)/t21-/m0/s1. The maximum absolute atomic E-state index is 13.8. The summed E-state index contributed by atoms with van der Waals surface area (Å²) in [5, 5.41) is 6.17. The van der Waals surface area contributed by atoms with Crippen LogP contribution in [0.2, 0.25) is 5.15 Å². The number of hydrogen-bond acceptors (Lipinski definition) is 3. The zero-order valence-electron chi connectivity index (χ0n) is 15.5. The zero-order valence-corrected chi connectivity index (χ0v) is 16.2. The van der Waals surface area contributed by atoms with Crippen LogP contribution >= 0.6 is 11.6 Å². The Bertz CT molecular complexity index is 947. The summed E-state index contributed by atoms with van der Waals surface area (Å²) >= 11 is 5.98. The van der Waals surface area contributed by atoms with E-state index in [1.807, 2.05) is 30.3 Å². The van der Waals surface area contributed by atoms with Gasteiger partial charge in [-0.2, -0.15) is 0 Å². The van der Waals surface area contributed by atoms with Crippen LogP contribution in [0.15, 0.2) is 66.9 Å². The van der Waals surface area contributed by atoms with Crippen molar-refractivity contribution >= 4 is 23.2 Å². The van der Waals surface area contributed by atoms with Gasteiger partial charge in [-0.1, -0.05) is 54.9 Å². The van der Waals surface area contributed by atoms with Crippen molar-refractivity contribution in [2.75, 3.05) is 11.9 Å². The highest BCUT2D eigenvalue weighted by molar-refractivity contribution is 6.32. The second-order valence-electron chi connectivity index (χ2n) is 6.35. The van der Waals surface area contributed by atoms with Crippen LogP contribution in [0, 0.1) is 5.82 Å². The predicted molar refractivity (Wildman–Crippen MR) is 110 cm³/mol. The summed E-state index contributed by atoms with van der Waals surface area (Å²) in [5.41, 5.74) is 3.36. The maximum atomic E-state index is 13.8. The van der Waals surface area contributed by atoms with E-state index in [-0.39, 0.29) is 29.5 Å². The number of halogens is 2. The smallest absolute Gasteiger partial charge is 0.238 e. The van der Waals surface area contributed by atoms with Gasteiger partial charge >= 0.3 is 0 Å². The van der Waals surface area contributed by atoms with E-state index in [4.69, 9.17) is 11.6 Å². The van der Waals surface area contributed by atoms with Crippen molar-refractivity contribution in [2.24, 2.45) is 0 Å². The third-order valence-corrected chi connectivity index (χ3v) is 4.70. The molecule has 1 amide bonds. The molecule has 0 saturated heterocycles. The van der Waals surface area contributed by atoms with Crippen molar-refractivity contribution in [1.29, 1.82) is 0 Å². The molecular weight excluding hydrogens is 377 g/mol. The number of aryl methyl sites for hydroxylation is 1. The van der Waals surface area contributed by atoms with Crippen LogP contribution in [-0.2, 0) is 11.2 Å². The number of hydrogen-bond donors (Lipinski definition) is 2. The number of carbonyl (C=O) groups is 1. The molecule has 0 unspecified atom stereocenters. The molecule has 0 aliphatic carbocycles. The van der Waals surface area contributed by atoms with Gasteiger partial charge in [0.25, 0.3) is 0 Å². The lowest BCUT2D eigenvalue weighted by atomic mass is 9.97. The molecule has 3 rings (SSSR count). The van der Waals surface area contributed by atoms with Gasteiger partial charge in [0.2, 0.25) is 5.91 Å². The first-order valence-corrected chi connectivity index (χ1v) is 9.42. The van der Waals surface area contributed by atoms with E-state index >= 15 is 0 Å². The molecule has 0 radical (unpaired) electrons. The lowest BCUT2D eigenvalue weighted by molar-refractivity contribution is -0.115. The van der Waals surface area contributed by atoms with Crippen molar-refractivity contribution < 1.29 is 9.18 Å². The van der Waals surface area contributed by atoms with Crippen LogP contribution < -0.4 is 10.6 Å². The first kappa shape index (κ1) is 20.0. The Hall–Kier alpha value is -2.76. The highest BCUT2D eigenvalue weighted by atomic mass is 35.5. The Morgan fingerprint density at radius 1 is 1.11 bits per heavy atom. The van der Waals surface area contributed by atoms with Gasteiger partial charge in [0, 0.05) is 6.20 Å². The third kappa shape index (κ3) is 5.15. The van der Waals surface area contributed by atoms with Crippen molar-refractivity contribution in [2.45, 2.75) is 19.4 Å². The molecule has 6 heteroatoms. The number of nitrogens with zero attached hydrogens (tertiary/aromatic N) is 1. The van der Waals surface area contributed by atoms with Gasteiger partial charge in [-0.25, -0.2) is 9.37 Å². The van der Waals surface area contributed by atoms with Crippen LogP contribution in [-0.4, -0.2) is 17.4 Å². The van der Waals surface area contributed by atoms with E-state index in [0.717, 1.165) is 17.5 Å². The van der Waals surface area contributed by atoms with Gasteiger partial charge in [0.15, 0.2) is 5.15 Å². The quantitative estimate of drug-likeness (QED) is 0.565. The van der Waals surface area contributed by atoms with Crippen molar-refractivity contribution in [3.05, 3.63) is 94.5 Å². The summed E-state index contributed by atoms with van der Waals surface area (Å²) in [6, 6.07) is 17.5. The van der Waals surface area contributed by atoms with Gasteiger partial charge < -0.3 is 5.32 Å². The molecule has 2 aromatic carbocycles. The molecular formula is C22H21ClFN3O. The molecule has 1 aromatic heterocycles. The number of aromatic nitrogens is 1. The lowest BCUT2D eigenvalue weighted by Gasteiger charge is -2.20. The van der Waals surface area contributed by atoms with E-state index < -0.39 is 0 Å². The molecule has 0 bridgehead atoms. The maximum Gasteiger partial charge on any atom is 0.238 e. The molecule has 1 heterocycles. The number of amides is 1. The largest absolute Gasteiger partial charge is 0.322 e. The average Bonchev–Trinajstić information content (AvgIpc) is 2.70. The average molecular weight is 398 g/mol. The van der Waals surface area contributed by atoms with E-state index in [2.05, 4.69) is 22.5 Å². The molecule has 3 aromatic rings. The molecule has 2 N–H and O–H groups in total. The normalized spacial score (nSPS) is 11.8. The van der Waals surface area contributed by atoms with Crippen LogP contribution in [0.1, 0.15) is 29.7 Å². The first-order chi connectivity index (χ1) is 13.6. The molecule has 28 heavy (non-hydrogen) atoms. The lowest BCUT2D eigenvalue weighted by Crippen LogP contribution is -2.32. The predicted octanol–water partition coefficient (Wildman–Crippen LogP) is 4.75. The number of rotatable bonds is 7. The van der Waals surface area contributed by atoms with E-state index in [0.29, 0.717) is 5.69 Å². The molecule has 0 aliphatic rings. The van der Waals surface area contributed by atoms with Gasteiger partial charge in [-0.05, 0) is 47.4 Å². The Balaban J connectivity index is 1.77. The number of pyridine rings is 1. The molecule has 0 spiro atoms. The molecule has 0 aliphatic heterocycles. The second kappa shape index (κ2) is 9.44. The van der Waals surface area contributed by atoms with Crippen molar-refractivity contribution in [3.8, 4) is 0 Å². The van der Waals surface area contributed by atoms with E-state index in [1.165, 1.54) is 17.7 Å². The summed E-state index contributed by atoms with van der Waals surface area (Å²) in [6.07, 6.45) is 2.49. The summed E-state index contributed by atoms with van der Waals surface area (Å²) in [7, 11) is 0. The van der Waals surface area contributed by atoms with Crippen LogP contribution in [0.5, 0.6) is 0 Å². The van der Waals surface area contributed by atoms with Crippen LogP contribution in [0.3, 0.4) is 0 Å². The highest BCUT2D eigenvalue weighted by Gasteiger charge is 2.16. The van der Waals surface area contributed by atoms with E-state index in [9.17, 15) is 9.18 Å².